The maximum Gasteiger partial charge on any atom is 0.337 e. The number of hydrogen-bond acceptors (Lipinski definition) is 5. The number of carbonyl (C=O) groups excluding carboxylic acids is 2. The van der Waals surface area contributed by atoms with Crippen molar-refractivity contribution in [1.29, 1.82) is 0 Å². The van der Waals surface area contributed by atoms with E-state index in [0.717, 1.165) is 0 Å². The van der Waals surface area contributed by atoms with Gasteiger partial charge < -0.3 is 14.2 Å². The van der Waals surface area contributed by atoms with Crippen LogP contribution in [0.15, 0.2) is 12.2 Å². The zero-order valence-electron chi connectivity index (χ0n) is 13.4. The molecule has 0 saturated heterocycles. The molecule has 20 heavy (non-hydrogen) atoms. The smallest absolute Gasteiger partial charge is 0.337 e. The van der Waals surface area contributed by atoms with Crippen LogP contribution in [0.5, 0.6) is 0 Å². The first-order valence-electron chi connectivity index (χ1n) is 6.65. The van der Waals surface area contributed by atoms with Gasteiger partial charge in [0.05, 0.1) is 13.2 Å². The molecule has 0 radical (unpaired) electrons. The molecule has 0 aromatic carbocycles. The highest BCUT2D eigenvalue weighted by molar-refractivity contribution is 5.86. The van der Waals surface area contributed by atoms with E-state index in [2.05, 4.69) is 6.58 Å². The predicted octanol–water partition coefficient (Wildman–Crippen LogP) is 2.49. The average molecular weight is 286 g/mol. The Labute approximate surface area is 121 Å². The first kappa shape index (κ1) is 18.6. The zero-order valence-corrected chi connectivity index (χ0v) is 13.4. The van der Waals surface area contributed by atoms with Gasteiger partial charge in [0.25, 0.3) is 0 Å². The number of esters is 2. The summed E-state index contributed by atoms with van der Waals surface area (Å²) in [6.07, 6.45) is 0. The van der Waals surface area contributed by atoms with Crippen molar-refractivity contribution in [3.63, 3.8) is 0 Å². The Balaban J connectivity index is 4.31. The molecule has 0 bridgehead atoms. The van der Waals surface area contributed by atoms with Gasteiger partial charge in [-0.3, -0.25) is 0 Å². The fourth-order valence-corrected chi connectivity index (χ4v) is 1.28. The van der Waals surface area contributed by atoms with Crippen molar-refractivity contribution in [2.75, 3.05) is 19.8 Å². The molecule has 0 aliphatic carbocycles. The van der Waals surface area contributed by atoms with Gasteiger partial charge in [0, 0.05) is 17.6 Å². The molecule has 5 nitrogen and oxygen atoms in total. The molecule has 0 spiro atoms. The fraction of sp³-hybridized carbons (Fsp3) is 0.733. The minimum atomic E-state index is -0.973. The molecule has 0 rings (SSSR count). The maximum atomic E-state index is 11.9. The van der Waals surface area contributed by atoms with E-state index >= 15 is 0 Å². The summed E-state index contributed by atoms with van der Waals surface area (Å²) >= 11 is 0. The van der Waals surface area contributed by atoms with Crippen molar-refractivity contribution in [1.82, 2.24) is 0 Å². The molecule has 0 aliphatic rings. The Morgan fingerprint density at radius 3 is 2.00 bits per heavy atom. The van der Waals surface area contributed by atoms with Crippen LogP contribution in [0.1, 0.15) is 41.5 Å². The standard InChI is InChI=1S/C15H26O5/c1-8-20-15(6,7)13(17)19-10-14(4,5)9-18-12(16)11(2)3/h2,8-10H2,1,3-7H3. The monoisotopic (exact) mass is 286 g/mol. The van der Waals surface area contributed by atoms with Gasteiger partial charge in [-0.25, -0.2) is 9.59 Å². The molecule has 0 atom stereocenters. The number of rotatable bonds is 8. The molecule has 0 aromatic rings. The number of hydrogen-bond donors (Lipinski definition) is 0. The van der Waals surface area contributed by atoms with E-state index in [9.17, 15) is 9.59 Å². The summed E-state index contributed by atoms with van der Waals surface area (Å²) < 4.78 is 15.6. The van der Waals surface area contributed by atoms with Gasteiger partial charge in [0.1, 0.15) is 0 Å². The van der Waals surface area contributed by atoms with Gasteiger partial charge in [0.2, 0.25) is 0 Å². The second kappa shape index (κ2) is 7.43. The molecule has 0 amide bonds. The van der Waals surface area contributed by atoms with E-state index < -0.39 is 23.0 Å². The summed E-state index contributed by atoms with van der Waals surface area (Å²) in [5.74, 6) is -0.877. The molecule has 0 saturated carbocycles. The molecule has 0 heterocycles. The van der Waals surface area contributed by atoms with Crippen LogP contribution in [-0.4, -0.2) is 37.4 Å². The van der Waals surface area contributed by atoms with Gasteiger partial charge in [-0.2, -0.15) is 0 Å². The van der Waals surface area contributed by atoms with Crippen LogP contribution in [0.25, 0.3) is 0 Å². The first-order chi connectivity index (χ1) is 9.02. The van der Waals surface area contributed by atoms with Crippen LogP contribution >= 0.6 is 0 Å². The lowest BCUT2D eigenvalue weighted by atomic mass is 9.96. The number of ether oxygens (including phenoxy) is 3. The Hall–Kier alpha value is -1.36. The van der Waals surface area contributed by atoms with E-state index in [4.69, 9.17) is 14.2 Å². The van der Waals surface area contributed by atoms with Crippen molar-refractivity contribution in [3.05, 3.63) is 12.2 Å². The van der Waals surface area contributed by atoms with Gasteiger partial charge >= 0.3 is 11.9 Å². The first-order valence-corrected chi connectivity index (χ1v) is 6.65. The third-order valence-electron chi connectivity index (χ3n) is 2.53. The Bertz CT molecular complexity index is 368. The van der Waals surface area contributed by atoms with E-state index in [1.54, 1.807) is 20.8 Å². The normalized spacial score (nSPS) is 11.9. The third kappa shape index (κ3) is 6.70. The highest BCUT2D eigenvalue weighted by Crippen LogP contribution is 2.19. The fourth-order valence-electron chi connectivity index (χ4n) is 1.28. The van der Waals surface area contributed by atoms with Crippen LogP contribution in [-0.2, 0) is 23.8 Å². The lowest BCUT2D eigenvalue weighted by Crippen LogP contribution is -2.39. The topological polar surface area (TPSA) is 61.8 Å². The molecule has 0 N–H and O–H groups in total. The predicted molar refractivity (Wildman–Crippen MR) is 76.2 cm³/mol. The van der Waals surface area contributed by atoms with Crippen molar-refractivity contribution >= 4 is 11.9 Å². The highest BCUT2D eigenvalue weighted by Gasteiger charge is 2.32. The Morgan fingerprint density at radius 2 is 1.55 bits per heavy atom. The highest BCUT2D eigenvalue weighted by atomic mass is 16.6. The van der Waals surface area contributed by atoms with Gasteiger partial charge in [-0.05, 0) is 27.7 Å². The van der Waals surface area contributed by atoms with E-state index in [1.165, 1.54) is 0 Å². The van der Waals surface area contributed by atoms with Crippen LogP contribution in [0, 0.1) is 5.41 Å². The molecule has 116 valence electrons. The van der Waals surface area contributed by atoms with Crippen LogP contribution in [0.3, 0.4) is 0 Å². The molecular weight excluding hydrogens is 260 g/mol. The van der Waals surface area contributed by atoms with Crippen LogP contribution in [0.4, 0.5) is 0 Å². The summed E-state index contributed by atoms with van der Waals surface area (Å²) in [6.45, 7) is 14.6. The van der Waals surface area contributed by atoms with E-state index in [-0.39, 0.29) is 13.2 Å². The SMILES string of the molecule is C=C(C)C(=O)OCC(C)(C)COC(=O)C(C)(C)OCC. The van der Waals surface area contributed by atoms with Crippen LogP contribution < -0.4 is 0 Å². The summed E-state index contributed by atoms with van der Waals surface area (Å²) in [7, 11) is 0. The van der Waals surface area contributed by atoms with Gasteiger partial charge in [-0.15, -0.1) is 0 Å². The summed E-state index contributed by atoms with van der Waals surface area (Å²) in [5, 5.41) is 0. The lowest BCUT2D eigenvalue weighted by molar-refractivity contribution is -0.172. The Morgan fingerprint density at radius 1 is 1.05 bits per heavy atom. The molecule has 0 fully saturated rings. The second-order valence-electron chi connectivity index (χ2n) is 6.04. The third-order valence-corrected chi connectivity index (χ3v) is 2.53. The summed E-state index contributed by atoms with van der Waals surface area (Å²) in [6, 6.07) is 0. The quantitative estimate of drug-likeness (QED) is 0.507. The molecular formula is C15H26O5. The molecule has 5 heteroatoms. The molecule has 0 unspecified atom stereocenters. The minimum absolute atomic E-state index is 0.145. The average Bonchev–Trinajstić information content (AvgIpc) is 2.32. The van der Waals surface area contributed by atoms with Gasteiger partial charge in [0.15, 0.2) is 5.60 Å². The maximum absolute atomic E-state index is 11.9. The van der Waals surface area contributed by atoms with Crippen molar-refractivity contribution in [2.45, 2.75) is 47.1 Å². The van der Waals surface area contributed by atoms with Crippen molar-refractivity contribution in [3.8, 4) is 0 Å². The molecule has 0 aromatic heterocycles. The molecule has 0 aliphatic heterocycles. The largest absolute Gasteiger partial charge is 0.463 e. The van der Waals surface area contributed by atoms with Crippen LogP contribution in [0.2, 0.25) is 0 Å². The zero-order chi connectivity index (χ0) is 16.0. The lowest BCUT2D eigenvalue weighted by Gasteiger charge is -2.27. The summed E-state index contributed by atoms with van der Waals surface area (Å²) in [5.41, 5.74) is -1.10. The summed E-state index contributed by atoms with van der Waals surface area (Å²) in [4.78, 5) is 23.2. The van der Waals surface area contributed by atoms with Crippen molar-refractivity contribution < 1.29 is 23.8 Å². The number of carbonyl (C=O) groups is 2. The second-order valence-corrected chi connectivity index (χ2v) is 6.04. The van der Waals surface area contributed by atoms with Gasteiger partial charge in [-0.1, -0.05) is 20.4 Å². The van der Waals surface area contributed by atoms with E-state index in [0.29, 0.717) is 12.2 Å². The van der Waals surface area contributed by atoms with Crippen molar-refractivity contribution in [2.24, 2.45) is 5.41 Å². The van der Waals surface area contributed by atoms with E-state index in [1.807, 2.05) is 20.8 Å². The Kier molecular flexibility index (Phi) is 6.92. The minimum Gasteiger partial charge on any atom is -0.463 e.